The highest BCUT2D eigenvalue weighted by Crippen LogP contribution is 2.38. The molecule has 1 aliphatic carbocycles. The van der Waals surface area contributed by atoms with Gasteiger partial charge in [-0.05, 0) is 86.3 Å². The van der Waals surface area contributed by atoms with Crippen molar-refractivity contribution in [2.24, 2.45) is 5.92 Å². The summed E-state index contributed by atoms with van der Waals surface area (Å²) in [4.78, 5) is 0. The molecule has 5 heteroatoms. The van der Waals surface area contributed by atoms with Crippen molar-refractivity contribution in [3.8, 4) is 11.8 Å². The maximum atomic E-state index is 14.5. The van der Waals surface area contributed by atoms with Crippen LogP contribution in [0.1, 0.15) is 61.1 Å². The highest BCUT2D eigenvalue weighted by Gasteiger charge is 2.24. The molecule has 0 spiro atoms. The molecule has 2 aromatic carbocycles. The van der Waals surface area contributed by atoms with Crippen LogP contribution in [0.15, 0.2) is 30.3 Å². The lowest BCUT2D eigenvalue weighted by atomic mass is 9.77. The number of rotatable bonds is 5. The van der Waals surface area contributed by atoms with Crippen LogP contribution in [0.25, 0.3) is 0 Å². The standard InChI is InChI=1S/C24H24F4O/c1-29-12-2-3-16-4-8-18(9-5-16)19-14-22(26)20(23(27)15-19)10-6-17-7-11-21(25)24(28)13-17/h7,11,13-16,18H,2-5,8-9,12H2,1H3/t16-,18-. The summed E-state index contributed by atoms with van der Waals surface area (Å²) in [5.74, 6) is 2.20. The second-order valence-corrected chi connectivity index (χ2v) is 7.59. The third kappa shape index (κ3) is 5.61. The van der Waals surface area contributed by atoms with Gasteiger partial charge in [0.15, 0.2) is 11.6 Å². The monoisotopic (exact) mass is 404 g/mol. The van der Waals surface area contributed by atoms with E-state index in [4.69, 9.17) is 4.74 Å². The van der Waals surface area contributed by atoms with E-state index in [-0.39, 0.29) is 17.0 Å². The molecular formula is C24H24F4O. The minimum atomic E-state index is -1.05. The fourth-order valence-electron chi connectivity index (χ4n) is 3.96. The van der Waals surface area contributed by atoms with Crippen molar-refractivity contribution in [3.63, 3.8) is 0 Å². The Labute approximate surface area is 169 Å². The van der Waals surface area contributed by atoms with Gasteiger partial charge in [-0.3, -0.25) is 0 Å². The lowest BCUT2D eigenvalue weighted by Crippen LogP contribution is -2.14. The van der Waals surface area contributed by atoms with E-state index in [1.165, 1.54) is 18.2 Å². The molecule has 0 radical (unpaired) electrons. The van der Waals surface area contributed by atoms with Gasteiger partial charge in [-0.1, -0.05) is 11.8 Å². The van der Waals surface area contributed by atoms with Gasteiger partial charge in [-0.25, -0.2) is 17.6 Å². The molecule has 0 heterocycles. The summed E-state index contributed by atoms with van der Waals surface area (Å²) in [6.07, 6.45) is 6.10. The molecule has 0 aromatic heterocycles. The van der Waals surface area contributed by atoms with E-state index in [2.05, 4.69) is 11.8 Å². The summed E-state index contributed by atoms with van der Waals surface area (Å²) in [5.41, 5.74) is 0.457. The van der Waals surface area contributed by atoms with Gasteiger partial charge in [0.2, 0.25) is 0 Å². The highest BCUT2D eigenvalue weighted by molar-refractivity contribution is 5.45. The van der Waals surface area contributed by atoms with Gasteiger partial charge in [-0.15, -0.1) is 0 Å². The molecule has 154 valence electrons. The number of ether oxygens (including phenoxy) is 1. The molecule has 3 rings (SSSR count). The van der Waals surface area contributed by atoms with Crippen molar-refractivity contribution >= 4 is 0 Å². The first-order chi connectivity index (χ1) is 14.0. The largest absolute Gasteiger partial charge is 0.385 e. The van der Waals surface area contributed by atoms with Crippen molar-refractivity contribution in [1.29, 1.82) is 0 Å². The third-order valence-corrected chi connectivity index (χ3v) is 5.59. The summed E-state index contributed by atoms with van der Waals surface area (Å²) in [5, 5.41) is 0. The van der Waals surface area contributed by atoms with E-state index in [0.29, 0.717) is 11.5 Å². The molecule has 0 bridgehead atoms. The van der Waals surface area contributed by atoms with Gasteiger partial charge in [-0.2, -0.15) is 0 Å². The van der Waals surface area contributed by atoms with Crippen LogP contribution >= 0.6 is 0 Å². The Kier molecular flexibility index (Phi) is 7.33. The molecule has 1 fully saturated rings. The molecule has 29 heavy (non-hydrogen) atoms. The van der Waals surface area contributed by atoms with E-state index < -0.39 is 23.3 Å². The molecule has 0 unspecified atom stereocenters. The van der Waals surface area contributed by atoms with Gasteiger partial charge in [0.1, 0.15) is 11.6 Å². The Hall–Kier alpha value is -2.32. The third-order valence-electron chi connectivity index (χ3n) is 5.59. The van der Waals surface area contributed by atoms with Crippen LogP contribution < -0.4 is 0 Å². The van der Waals surface area contributed by atoms with Gasteiger partial charge in [0, 0.05) is 19.3 Å². The molecular weight excluding hydrogens is 380 g/mol. The van der Waals surface area contributed by atoms with Crippen LogP contribution in [0, 0.1) is 41.0 Å². The second kappa shape index (κ2) is 9.93. The number of methoxy groups -OCH3 is 1. The van der Waals surface area contributed by atoms with Crippen molar-refractivity contribution < 1.29 is 22.3 Å². The molecule has 0 amide bonds. The van der Waals surface area contributed by atoms with Gasteiger partial charge >= 0.3 is 0 Å². The van der Waals surface area contributed by atoms with Gasteiger partial charge in [0.25, 0.3) is 0 Å². The first-order valence-corrected chi connectivity index (χ1v) is 9.93. The van der Waals surface area contributed by atoms with E-state index in [1.807, 2.05) is 0 Å². The Morgan fingerprint density at radius 3 is 2.17 bits per heavy atom. The minimum absolute atomic E-state index is 0.144. The molecule has 1 aliphatic rings. The van der Waals surface area contributed by atoms with Crippen molar-refractivity contribution in [2.75, 3.05) is 13.7 Å². The van der Waals surface area contributed by atoms with Gasteiger partial charge in [0.05, 0.1) is 5.56 Å². The summed E-state index contributed by atoms with van der Waals surface area (Å²) in [7, 11) is 1.70. The summed E-state index contributed by atoms with van der Waals surface area (Å²) < 4.78 is 60.3. The smallest absolute Gasteiger partial charge is 0.160 e. The Bertz CT molecular complexity index is 882. The van der Waals surface area contributed by atoms with E-state index in [9.17, 15) is 17.6 Å². The van der Waals surface area contributed by atoms with E-state index in [0.717, 1.165) is 57.3 Å². The van der Waals surface area contributed by atoms with Crippen LogP contribution in [0.4, 0.5) is 17.6 Å². The predicted octanol–water partition coefficient (Wildman–Crippen LogP) is 6.34. The first-order valence-electron chi connectivity index (χ1n) is 9.93. The normalized spacial score (nSPS) is 18.9. The van der Waals surface area contributed by atoms with Crippen LogP contribution in [0.2, 0.25) is 0 Å². The zero-order valence-corrected chi connectivity index (χ0v) is 16.4. The number of benzene rings is 2. The molecule has 0 atom stereocenters. The molecule has 1 saturated carbocycles. The summed E-state index contributed by atoms with van der Waals surface area (Å²) in [6, 6.07) is 5.81. The molecule has 0 aliphatic heterocycles. The van der Waals surface area contributed by atoms with Crippen molar-refractivity contribution in [1.82, 2.24) is 0 Å². The van der Waals surface area contributed by atoms with E-state index >= 15 is 0 Å². The summed E-state index contributed by atoms with van der Waals surface area (Å²) in [6.45, 7) is 0.767. The fraction of sp³-hybridized carbons (Fsp3) is 0.417. The maximum absolute atomic E-state index is 14.5. The van der Waals surface area contributed by atoms with Crippen molar-refractivity contribution in [2.45, 2.75) is 44.4 Å². The predicted molar refractivity (Wildman–Crippen MR) is 105 cm³/mol. The Morgan fingerprint density at radius 1 is 0.862 bits per heavy atom. The quantitative estimate of drug-likeness (QED) is 0.321. The molecule has 0 N–H and O–H groups in total. The number of hydrogen-bond acceptors (Lipinski definition) is 1. The van der Waals surface area contributed by atoms with Crippen molar-refractivity contribution in [3.05, 3.63) is 70.3 Å². The highest BCUT2D eigenvalue weighted by atomic mass is 19.2. The van der Waals surface area contributed by atoms with Crippen LogP contribution in [-0.4, -0.2) is 13.7 Å². The number of hydrogen-bond donors (Lipinski definition) is 0. The second-order valence-electron chi connectivity index (χ2n) is 7.59. The first kappa shape index (κ1) is 21.4. The molecule has 1 nitrogen and oxygen atoms in total. The average molecular weight is 404 g/mol. The van der Waals surface area contributed by atoms with E-state index in [1.54, 1.807) is 7.11 Å². The Balaban J connectivity index is 1.69. The molecule has 2 aromatic rings. The SMILES string of the molecule is COCCC[C@H]1CC[C@H](c2cc(F)c(C#Cc3ccc(F)c(F)c3)c(F)c2)CC1. The average Bonchev–Trinajstić information content (AvgIpc) is 2.70. The van der Waals surface area contributed by atoms with Crippen LogP contribution in [0.3, 0.4) is 0 Å². The zero-order chi connectivity index (χ0) is 20.8. The minimum Gasteiger partial charge on any atom is -0.385 e. The van der Waals surface area contributed by atoms with Crippen LogP contribution in [-0.2, 0) is 4.74 Å². The zero-order valence-electron chi connectivity index (χ0n) is 16.4. The topological polar surface area (TPSA) is 9.23 Å². The maximum Gasteiger partial charge on any atom is 0.160 e. The molecule has 0 saturated heterocycles. The number of halogens is 4. The summed E-state index contributed by atoms with van der Waals surface area (Å²) >= 11 is 0. The van der Waals surface area contributed by atoms with Crippen LogP contribution in [0.5, 0.6) is 0 Å². The Morgan fingerprint density at radius 2 is 1.55 bits per heavy atom. The fourth-order valence-corrected chi connectivity index (χ4v) is 3.96. The lowest BCUT2D eigenvalue weighted by molar-refractivity contribution is 0.180. The lowest BCUT2D eigenvalue weighted by Gasteiger charge is -2.29. The van der Waals surface area contributed by atoms with Gasteiger partial charge < -0.3 is 4.74 Å².